The van der Waals surface area contributed by atoms with Crippen LogP contribution < -0.4 is 10.1 Å². The summed E-state index contributed by atoms with van der Waals surface area (Å²) in [5, 5.41) is 3.47. The molecule has 0 aliphatic carbocycles. The lowest BCUT2D eigenvalue weighted by atomic mass is 9.87. The van der Waals surface area contributed by atoms with Gasteiger partial charge in [0.05, 0.1) is 16.6 Å². The normalized spacial score (nSPS) is 11.4. The van der Waals surface area contributed by atoms with Crippen molar-refractivity contribution in [1.29, 1.82) is 0 Å². The molecule has 0 fully saturated rings. The van der Waals surface area contributed by atoms with Crippen LogP contribution in [0, 0.1) is 0 Å². The number of thiophene rings is 1. The molecule has 108 valence electrons. The van der Waals surface area contributed by atoms with Gasteiger partial charge in [0.2, 0.25) is 0 Å². The maximum atomic E-state index is 5.44. The molecule has 1 aromatic heterocycles. The highest BCUT2D eigenvalue weighted by molar-refractivity contribution is 9.11. The summed E-state index contributed by atoms with van der Waals surface area (Å²) in [6.07, 6.45) is 0. The van der Waals surface area contributed by atoms with Gasteiger partial charge in [0.15, 0.2) is 0 Å². The summed E-state index contributed by atoms with van der Waals surface area (Å²) in [6, 6.07) is 10.5. The van der Waals surface area contributed by atoms with Crippen LogP contribution in [-0.2, 0) is 12.0 Å². The van der Waals surface area contributed by atoms with Crippen molar-refractivity contribution < 1.29 is 4.74 Å². The highest BCUT2D eigenvalue weighted by Crippen LogP contribution is 2.32. The predicted molar refractivity (Wildman–Crippen MR) is 91.0 cm³/mol. The number of anilines is 1. The van der Waals surface area contributed by atoms with Crippen molar-refractivity contribution >= 4 is 33.0 Å². The second kappa shape index (κ2) is 6.19. The van der Waals surface area contributed by atoms with Gasteiger partial charge in [-0.15, -0.1) is 11.3 Å². The van der Waals surface area contributed by atoms with Gasteiger partial charge in [0, 0.05) is 11.4 Å². The maximum Gasteiger partial charge on any atom is 0.141 e. The smallest absolute Gasteiger partial charge is 0.141 e. The van der Waals surface area contributed by atoms with E-state index in [9.17, 15) is 0 Å². The van der Waals surface area contributed by atoms with Crippen LogP contribution in [0.15, 0.2) is 34.1 Å². The molecule has 0 spiro atoms. The van der Waals surface area contributed by atoms with Crippen LogP contribution in [0.2, 0.25) is 0 Å². The monoisotopic (exact) mass is 353 g/mol. The molecule has 1 N–H and O–H groups in total. The second-order valence-electron chi connectivity index (χ2n) is 5.72. The average Bonchev–Trinajstić information content (AvgIpc) is 2.80. The molecule has 0 amide bonds. The van der Waals surface area contributed by atoms with Crippen LogP contribution in [0.5, 0.6) is 5.75 Å². The first kappa shape index (κ1) is 15.4. The third-order valence-corrected chi connectivity index (χ3v) is 4.77. The van der Waals surface area contributed by atoms with E-state index in [0.29, 0.717) is 0 Å². The van der Waals surface area contributed by atoms with Crippen LogP contribution in [0.4, 0.5) is 5.69 Å². The van der Waals surface area contributed by atoms with E-state index in [1.807, 2.05) is 6.07 Å². The quantitative estimate of drug-likeness (QED) is 0.791. The van der Waals surface area contributed by atoms with Gasteiger partial charge in [-0.25, -0.2) is 0 Å². The molecule has 2 aromatic rings. The largest absolute Gasteiger partial charge is 0.495 e. The fourth-order valence-electron chi connectivity index (χ4n) is 1.94. The Morgan fingerprint density at radius 2 is 1.95 bits per heavy atom. The number of hydrogen-bond acceptors (Lipinski definition) is 3. The number of halogens is 1. The maximum absolute atomic E-state index is 5.44. The fraction of sp³-hybridized carbons (Fsp3) is 0.375. The zero-order valence-corrected chi connectivity index (χ0v) is 14.7. The summed E-state index contributed by atoms with van der Waals surface area (Å²) in [5.74, 6) is 0.883. The van der Waals surface area contributed by atoms with Crippen molar-refractivity contribution in [2.24, 2.45) is 0 Å². The molecular formula is C16H20BrNOS. The van der Waals surface area contributed by atoms with Gasteiger partial charge < -0.3 is 10.1 Å². The lowest BCUT2D eigenvalue weighted by Gasteiger charge is -2.21. The van der Waals surface area contributed by atoms with E-state index in [-0.39, 0.29) is 5.41 Å². The molecule has 0 radical (unpaired) electrons. The third kappa shape index (κ3) is 3.76. The molecule has 4 heteroatoms. The van der Waals surface area contributed by atoms with Crippen molar-refractivity contribution in [3.8, 4) is 5.75 Å². The van der Waals surface area contributed by atoms with Crippen LogP contribution in [0.1, 0.15) is 31.2 Å². The van der Waals surface area contributed by atoms with E-state index in [2.05, 4.69) is 66.3 Å². The lowest BCUT2D eigenvalue weighted by molar-refractivity contribution is 0.416. The first-order chi connectivity index (χ1) is 9.40. The fourth-order valence-corrected chi connectivity index (χ4v) is 3.36. The molecule has 1 aromatic carbocycles. The van der Waals surface area contributed by atoms with Gasteiger partial charge in [-0.2, -0.15) is 0 Å². The summed E-state index contributed by atoms with van der Waals surface area (Å²) in [7, 11) is 1.71. The molecule has 0 aliphatic rings. The van der Waals surface area contributed by atoms with E-state index in [0.717, 1.165) is 21.8 Å². The van der Waals surface area contributed by atoms with E-state index < -0.39 is 0 Å². The molecule has 0 aliphatic heterocycles. The summed E-state index contributed by atoms with van der Waals surface area (Å²) in [6.45, 7) is 7.46. The number of ether oxygens (including phenoxy) is 1. The second-order valence-corrected chi connectivity index (χ2v) is 8.27. The van der Waals surface area contributed by atoms with Gasteiger partial charge in [0.1, 0.15) is 5.75 Å². The highest BCUT2D eigenvalue weighted by atomic mass is 79.9. The summed E-state index contributed by atoms with van der Waals surface area (Å²) < 4.78 is 6.60. The Labute approximate surface area is 133 Å². The number of hydrogen-bond donors (Lipinski definition) is 1. The number of methoxy groups -OCH3 is 1. The number of benzene rings is 1. The third-order valence-electron chi connectivity index (χ3n) is 3.15. The van der Waals surface area contributed by atoms with E-state index in [1.165, 1.54) is 10.4 Å². The minimum atomic E-state index is 0.134. The van der Waals surface area contributed by atoms with Crippen molar-refractivity contribution in [2.75, 3.05) is 12.4 Å². The molecule has 2 nitrogen and oxygen atoms in total. The Hall–Kier alpha value is -1.000. The molecule has 0 bridgehead atoms. The summed E-state index contributed by atoms with van der Waals surface area (Å²) >= 11 is 5.23. The van der Waals surface area contributed by atoms with Gasteiger partial charge in [-0.05, 0) is 51.2 Å². The van der Waals surface area contributed by atoms with Gasteiger partial charge in [0.25, 0.3) is 0 Å². The summed E-state index contributed by atoms with van der Waals surface area (Å²) in [4.78, 5) is 1.29. The molecule has 2 rings (SSSR count). The first-order valence-corrected chi connectivity index (χ1v) is 8.17. The standard InChI is InChI=1S/C16H20BrNOS/c1-16(2,3)11-5-7-14(19-4)13(9-11)18-10-12-6-8-15(17)20-12/h5-9,18H,10H2,1-4H3. The van der Waals surface area contributed by atoms with Gasteiger partial charge in [-0.3, -0.25) is 0 Å². The van der Waals surface area contributed by atoms with Crippen LogP contribution in [0.3, 0.4) is 0 Å². The zero-order valence-electron chi connectivity index (χ0n) is 12.3. The van der Waals surface area contributed by atoms with Crippen LogP contribution >= 0.6 is 27.3 Å². The Bertz CT molecular complexity index is 586. The average molecular weight is 354 g/mol. The zero-order chi connectivity index (χ0) is 14.8. The lowest BCUT2D eigenvalue weighted by Crippen LogP contribution is -2.12. The first-order valence-electron chi connectivity index (χ1n) is 6.57. The van der Waals surface area contributed by atoms with Crippen molar-refractivity contribution in [3.63, 3.8) is 0 Å². The van der Waals surface area contributed by atoms with Crippen molar-refractivity contribution in [3.05, 3.63) is 44.6 Å². The summed E-state index contributed by atoms with van der Waals surface area (Å²) in [5.41, 5.74) is 2.48. The van der Waals surface area contributed by atoms with Gasteiger partial charge in [-0.1, -0.05) is 26.8 Å². The van der Waals surface area contributed by atoms with Gasteiger partial charge >= 0.3 is 0 Å². The van der Waals surface area contributed by atoms with Crippen LogP contribution in [0.25, 0.3) is 0 Å². The molecular weight excluding hydrogens is 334 g/mol. The van der Waals surface area contributed by atoms with E-state index >= 15 is 0 Å². The van der Waals surface area contributed by atoms with E-state index in [4.69, 9.17) is 4.74 Å². The molecule has 0 atom stereocenters. The predicted octanol–water partition coefficient (Wildman–Crippen LogP) is 5.43. The van der Waals surface area contributed by atoms with Crippen LogP contribution in [-0.4, -0.2) is 7.11 Å². The van der Waals surface area contributed by atoms with E-state index in [1.54, 1.807) is 18.4 Å². The molecule has 0 saturated carbocycles. The molecule has 1 heterocycles. The number of rotatable bonds is 4. The minimum absolute atomic E-state index is 0.134. The Morgan fingerprint density at radius 1 is 1.20 bits per heavy atom. The highest BCUT2D eigenvalue weighted by Gasteiger charge is 2.15. The molecule has 0 unspecified atom stereocenters. The molecule has 20 heavy (non-hydrogen) atoms. The Morgan fingerprint density at radius 3 is 2.50 bits per heavy atom. The Kier molecular flexibility index (Phi) is 4.76. The molecule has 0 saturated heterocycles. The minimum Gasteiger partial charge on any atom is -0.495 e. The topological polar surface area (TPSA) is 21.3 Å². The SMILES string of the molecule is COc1ccc(C(C)(C)C)cc1NCc1ccc(Br)s1. The van der Waals surface area contributed by atoms with Crippen molar-refractivity contribution in [1.82, 2.24) is 0 Å². The van der Waals surface area contributed by atoms with Crippen molar-refractivity contribution in [2.45, 2.75) is 32.7 Å². The number of nitrogens with one attached hydrogen (secondary N) is 1. The Balaban J connectivity index is 2.20.